The van der Waals surface area contributed by atoms with Crippen molar-refractivity contribution in [1.82, 2.24) is 10.2 Å². The Morgan fingerprint density at radius 3 is 2.48 bits per heavy atom. The van der Waals surface area contributed by atoms with Crippen LogP contribution in [0.15, 0.2) is 24.3 Å². The summed E-state index contributed by atoms with van der Waals surface area (Å²) < 4.78 is 10.4. The second-order valence-corrected chi connectivity index (χ2v) is 6.84. The number of amides is 2. The Bertz CT molecular complexity index is 632. The summed E-state index contributed by atoms with van der Waals surface area (Å²) in [6, 6.07) is 7.97. The van der Waals surface area contributed by atoms with E-state index in [4.69, 9.17) is 15.2 Å². The Hall–Kier alpha value is -1.99. The molecule has 8 heteroatoms. The van der Waals surface area contributed by atoms with Crippen molar-refractivity contribution in [1.29, 1.82) is 0 Å². The highest BCUT2D eigenvalue weighted by Gasteiger charge is 2.39. The number of carbonyl (C=O) groups is 2. The van der Waals surface area contributed by atoms with E-state index in [9.17, 15) is 9.59 Å². The van der Waals surface area contributed by atoms with Crippen molar-refractivity contribution in [2.24, 2.45) is 11.7 Å². The lowest BCUT2D eigenvalue weighted by Gasteiger charge is -2.36. The van der Waals surface area contributed by atoms with Gasteiger partial charge in [-0.25, -0.2) is 4.79 Å². The number of urea groups is 1. The van der Waals surface area contributed by atoms with Gasteiger partial charge in [-0.3, -0.25) is 4.79 Å². The maximum absolute atomic E-state index is 12.4. The minimum Gasteiger partial charge on any atom is -0.492 e. The molecule has 2 fully saturated rings. The van der Waals surface area contributed by atoms with Crippen LogP contribution in [-0.2, 0) is 9.53 Å². The minimum atomic E-state index is -0.140. The number of nitrogens with one attached hydrogen (secondary N) is 1. The molecule has 0 radical (unpaired) electrons. The van der Waals surface area contributed by atoms with Crippen LogP contribution in [0.4, 0.5) is 4.79 Å². The summed E-state index contributed by atoms with van der Waals surface area (Å²) in [4.78, 5) is 26.1. The number of esters is 1. The van der Waals surface area contributed by atoms with Crippen molar-refractivity contribution >= 4 is 24.4 Å². The number of rotatable bonds is 6. The largest absolute Gasteiger partial charge is 0.492 e. The van der Waals surface area contributed by atoms with E-state index in [-0.39, 0.29) is 42.4 Å². The van der Waals surface area contributed by atoms with Crippen molar-refractivity contribution in [3.8, 4) is 5.75 Å². The zero-order valence-corrected chi connectivity index (χ0v) is 16.4. The van der Waals surface area contributed by atoms with Crippen molar-refractivity contribution in [3.05, 3.63) is 29.8 Å². The first kappa shape index (κ1) is 21.3. The zero-order chi connectivity index (χ0) is 18.5. The predicted octanol–water partition coefficient (Wildman–Crippen LogP) is 2.24. The van der Waals surface area contributed by atoms with Gasteiger partial charge in [-0.1, -0.05) is 12.1 Å². The van der Waals surface area contributed by atoms with Crippen LogP contribution in [0.25, 0.3) is 0 Å². The molecule has 0 bridgehead atoms. The molecule has 2 amide bonds. The quantitative estimate of drug-likeness (QED) is 0.718. The summed E-state index contributed by atoms with van der Waals surface area (Å²) in [5.74, 6) is 0.597. The number of benzene rings is 1. The van der Waals surface area contributed by atoms with Gasteiger partial charge in [0.1, 0.15) is 12.4 Å². The third-order valence-electron chi connectivity index (χ3n) is 5.29. The summed E-state index contributed by atoms with van der Waals surface area (Å²) in [6.45, 7) is 1.56. The Balaban J connectivity index is 0.00000261. The van der Waals surface area contributed by atoms with Crippen LogP contribution >= 0.6 is 12.4 Å². The lowest BCUT2D eigenvalue weighted by atomic mass is 9.84. The summed E-state index contributed by atoms with van der Waals surface area (Å²) in [6.07, 6.45) is 3.17. The predicted molar refractivity (Wildman–Crippen MR) is 104 cm³/mol. The third kappa shape index (κ3) is 4.84. The molecule has 1 saturated carbocycles. The molecule has 3 rings (SSSR count). The Morgan fingerprint density at radius 2 is 1.89 bits per heavy atom. The number of halogens is 1. The molecule has 1 saturated heterocycles. The molecule has 1 atom stereocenters. The van der Waals surface area contributed by atoms with Crippen LogP contribution in [0.1, 0.15) is 37.3 Å². The molecule has 1 aliphatic carbocycles. The van der Waals surface area contributed by atoms with Gasteiger partial charge in [0.2, 0.25) is 0 Å². The summed E-state index contributed by atoms with van der Waals surface area (Å²) in [5.41, 5.74) is 6.53. The second-order valence-electron chi connectivity index (χ2n) is 6.84. The summed E-state index contributed by atoms with van der Waals surface area (Å²) in [5, 5.41) is 2.96. The van der Waals surface area contributed by atoms with Crippen LogP contribution < -0.4 is 15.8 Å². The molecule has 1 aromatic carbocycles. The number of nitrogens with two attached hydrogens (primary N) is 1. The Morgan fingerprint density at radius 1 is 1.22 bits per heavy atom. The lowest BCUT2D eigenvalue weighted by Crippen LogP contribution is -2.42. The van der Waals surface area contributed by atoms with Gasteiger partial charge in [0.15, 0.2) is 0 Å². The summed E-state index contributed by atoms with van der Waals surface area (Å²) in [7, 11) is 1.43. The van der Waals surface area contributed by atoms with Crippen LogP contribution in [-0.4, -0.2) is 49.7 Å². The van der Waals surface area contributed by atoms with Crippen LogP contribution in [0.3, 0.4) is 0 Å². The number of carbonyl (C=O) groups excluding carboxylic acids is 2. The molecule has 2 aliphatic rings. The molecule has 1 aliphatic heterocycles. The van der Waals surface area contributed by atoms with Gasteiger partial charge in [-0.05, 0) is 43.4 Å². The van der Waals surface area contributed by atoms with E-state index in [0.717, 1.165) is 37.0 Å². The fraction of sp³-hybridized carbons (Fsp3) is 0.579. The molecule has 1 aromatic rings. The molecule has 3 N–H and O–H groups in total. The monoisotopic (exact) mass is 397 g/mol. The highest BCUT2D eigenvalue weighted by atomic mass is 35.5. The Labute approximate surface area is 166 Å². The SMILES string of the molecule is COC(=O)C1CCC(N2C(=O)NCC2c2ccc(OCCN)cc2)CC1.Cl. The molecular weight excluding hydrogens is 370 g/mol. The number of hydrogen-bond donors (Lipinski definition) is 2. The Kier molecular flexibility index (Phi) is 7.74. The number of ether oxygens (including phenoxy) is 2. The normalized spacial score (nSPS) is 24.7. The van der Waals surface area contributed by atoms with E-state index in [1.165, 1.54) is 7.11 Å². The van der Waals surface area contributed by atoms with Gasteiger partial charge < -0.3 is 25.4 Å². The van der Waals surface area contributed by atoms with Gasteiger partial charge in [-0.2, -0.15) is 0 Å². The van der Waals surface area contributed by atoms with Crippen LogP contribution in [0.2, 0.25) is 0 Å². The van der Waals surface area contributed by atoms with Gasteiger partial charge in [-0.15, -0.1) is 12.4 Å². The molecule has 0 spiro atoms. The maximum atomic E-state index is 12.4. The third-order valence-corrected chi connectivity index (χ3v) is 5.29. The molecule has 7 nitrogen and oxygen atoms in total. The van der Waals surface area contributed by atoms with Gasteiger partial charge >= 0.3 is 12.0 Å². The number of nitrogens with zero attached hydrogens (tertiary/aromatic N) is 1. The molecular formula is C19H28ClN3O4. The van der Waals surface area contributed by atoms with Crippen molar-refractivity contribution in [3.63, 3.8) is 0 Å². The standard InChI is InChI=1S/C19H27N3O4.ClH/c1-25-18(23)14-2-6-15(7-3-14)22-17(12-21-19(22)24)13-4-8-16(9-5-13)26-11-10-20;/h4-5,8-9,14-15,17H,2-3,6-7,10-12,20H2,1H3,(H,21,24);1H. The van der Waals surface area contributed by atoms with E-state index in [1.807, 2.05) is 29.2 Å². The van der Waals surface area contributed by atoms with Gasteiger partial charge in [0.25, 0.3) is 0 Å². The first-order valence-electron chi connectivity index (χ1n) is 9.21. The molecule has 150 valence electrons. The highest BCUT2D eigenvalue weighted by molar-refractivity contribution is 5.85. The first-order chi connectivity index (χ1) is 12.6. The van der Waals surface area contributed by atoms with E-state index in [1.54, 1.807) is 0 Å². The van der Waals surface area contributed by atoms with Crippen molar-refractivity contribution in [2.45, 2.75) is 37.8 Å². The van der Waals surface area contributed by atoms with E-state index >= 15 is 0 Å². The van der Waals surface area contributed by atoms with E-state index < -0.39 is 0 Å². The van der Waals surface area contributed by atoms with E-state index in [0.29, 0.717) is 19.7 Å². The second kappa shape index (κ2) is 9.80. The maximum Gasteiger partial charge on any atom is 0.318 e. The molecule has 1 heterocycles. The van der Waals surface area contributed by atoms with Gasteiger partial charge in [0, 0.05) is 19.1 Å². The topological polar surface area (TPSA) is 93.9 Å². The highest BCUT2D eigenvalue weighted by Crippen LogP contribution is 2.35. The van der Waals surface area contributed by atoms with E-state index in [2.05, 4.69) is 5.32 Å². The first-order valence-corrected chi connectivity index (χ1v) is 9.21. The molecule has 27 heavy (non-hydrogen) atoms. The van der Waals surface area contributed by atoms with Crippen molar-refractivity contribution in [2.75, 3.05) is 26.8 Å². The number of hydrogen-bond acceptors (Lipinski definition) is 5. The zero-order valence-electron chi connectivity index (χ0n) is 15.6. The van der Waals surface area contributed by atoms with Crippen molar-refractivity contribution < 1.29 is 19.1 Å². The summed E-state index contributed by atoms with van der Waals surface area (Å²) >= 11 is 0. The lowest BCUT2D eigenvalue weighted by molar-refractivity contribution is -0.146. The fourth-order valence-corrected chi connectivity index (χ4v) is 3.93. The average molecular weight is 398 g/mol. The molecule has 1 unspecified atom stereocenters. The average Bonchev–Trinajstić information content (AvgIpc) is 3.07. The molecule has 0 aromatic heterocycles. The smallest absolute Gasteiger partial charge is 0.318 e. The van der Waals surface area contributed by atoms with Crippen LogP contribution in [0, 0.1) is 5.92 Å². The fourth-order valence-electron chi connectivity index (χ4n) is 3.93. The minimum absolute atomic E-state index is 0. The van der Waals surface area contributed by atoms with Gasteiger partial charge in [0.05, 0.1) is 19.1 Å². The number of methoxy groups -OCH3 is 1. The van der Waals surface area contributed by atoms with Crippen LogP contribution in [0.5, 0.6) is 5.75 Å².